The molecule has 0 fully saturated rings. The van der Waals surface area contributed by atoms with E-state index in [0.717, 1.165) is 0 Å². The number of hydrogen-bond donors (Lipinski definition) is 3. The first-order chi connectivity index (χ1) is 11.9. The molecule has 132 valence electrons. The molecule has 2 rings (SSSR count). The fourth-order valence-electron chi connectivity index (χ4n) is 2.01. The van der Waals surface area contributed by atoms with E-state index < -0.39 is 12.5 Å². The van der Waals surface area contributed by atoms with Crippen LogP contribution in [-0.4, -0.2) is 39.6 Å². The number of hydrogen-bond acceptors (Lipinski definition) is 6. The molecule has 0 atom stereocenters. The highest BCUT2D eigenvalue weighted by Gasteiger charge is 2.09. The summed E-state index contributed by atoms with van der Waals surface area (Å²) in [5.74, 6) is -0.729. The summed E-state index contributed by atoms with van der Waals surface area (Å²) >= 11 is 0. The van der Waals surface area contributed by atoms with Gasteiger partial charge < -0.3 is 20.3 Å². The van der Waals surface area contributed by atoms with Crippen molar-refractivity contribution in [3.05, 3.63) is 41.5 Å². The predicted molar refractivity (Wildman–Crippen MR) is 86.8 cm³/mol. The molecule has 2 amide bonds. The van der Waals surface area contributed by atoms with Gasteiger partial charge in [0.15, 0.2) is 5.82 Å². The molecule has 9 nitrogen and oxygen atoms in total. The van der Waals surface area contributed by atoms with E-state index in [9.17, 15) is 14.4 Å². The van der Waals surface area contributed by atoms with Crippen molar-refractivity contribution in [2.75, 3.05) is 11.9 Å². The summed E-state index contributed by atoms with van der Waals surface area (Å²) in [7, 11) is 0. The molecule has 2 aromatic rings. The van der Waals surface area contributed by atoms with Gasteiger partial charge in [-0.05, 0) is 24.6 Å². The third-order valence-corrected chi connectivity index (χ3v) is 3.17. The first kappa shape index (κ1) is 18.1. The lowest BCUT2D eigenvalue weighted by atomic mass is 10.1. The number of carboxylic acid groups (broad SMARTS) is 1. The van der Waals surface area contributed by atoms with Crippen LogP contribution in [0.5, 0.6) is 0 Å². The van der Waals surface area contributed by atoms with Crippen molar-refractivity contribution in [2.24, 2.45) is 0 Å². The van der Waals surface area contributed by atoms with E-state index in [1.54, 1.807) is 31.2 Å². The molecule has 25 heavy (non-hydrogen) atoms. The number of nitrogens with one attached hydrogen (secondary N) is 2. The topological polar surface area (TPSA) is 134 Å². The van der Waals surface area contributed by atoms with Crippen molar-refractivity contribution >= 4 is 23.5 Å². The zero-order chi connectivity index (χ0) is 18.2. The Kier molecular flexibility index (Phi) is 6.21. The summed E-state index contributed by atoms with van der Waals surface area (Å²) in [6.07, 6.45) is 0.632. The molecule has 0 aliphatic carbocycles. The lowest BCUT2D eigenvalue weighted by Crippen LogP contribution is -2.30. The van der Waals surface area contributed by atoms with Crippen LogP contribution in [0.15, 0.2) is 28.8 Å². The molecule has 1 aromatic heterocycles. The average molecular weight is 346 g/mol. The van der Waals surface area contributed by atoms with Crippen molar-refractivity contribution in [1.29, 1.82) is 0 Å². The first-order valence-electron chi connectivity index (χ1n) is 7.59. The van der Waals surface area contributed by atoms with Crippen LogP contribution in [0, 0.1) is 6.92 Å². The number of aliphatic carboxylic acids is 1. The van der Waals surface area contributed by atoms with E-state index >= 15 is 0 Å². The second-order valence-corrected chi connectivity index (χ2v) is 5.33. The van der Waals surface area contributed by atoms with Gasteiger partial charge in [-0.25, -0.2) is 0 Å². The number of rotatable bonds is 8. The van der Waals surface area contributed by atoms with Crippen LogP contribution >= 0.6 is 0 Å². The van der Waals surface area contributed by atoms with Crippen LogP contribution in [0.2, 0.25) is 0 Å². The Balaban J connectivity index is 1.78. The molecule has 0 aliphatic rings. The molecule has 1 aromatic carbocycles. The van der Waals surface area contributed by atoms with Gasteiger partial charge in [-0.1, -0.05) is 17.3 Å². The lowest BCUT2D eigenvalue weighted by Gasteiger charge is -2.06. The van der Waals surface area contributed by atoms with Crippen molar-refractivity contribution in [3.63, 3.8) is 0 Å². The normalized spacial score (nSPS) is 10.3. The van der Waals surface area contributed by atoms with Gasteiger partial charge in [0.25, 0.3) is 0 Å². The van der Waals surface area contributed by atoms with Crippen LogP contribution in [0.1, 0.15) is 23.7 Å². The lowest BCUT2D eigenvalue weighted by molar-refractivity contribution is -0.137. The monoisotopic (exact) mass is 346 g/mol. The van der Waals surface area contributed by atoms with Crippen LogP contribution < -0.4 is 10.6 Å². The van der Waals surface area contributed by atoms with Crippen LogP contribution in [-0.2, 0) is 27.2 Å². The Morgan fingerprint density at radius 2 is 1.88 bits per heavy atom. The fourth-order valence-corrected chi connectivity index (χ4v) is 2.01. The van der Waals surface area contributed by atoms with E-state index in [1.807, 2.05) is 0 Å². The van der Waals surface area contributed by atoms with Gasteiger partial charge in [-0.3, -0.25) is 14.4 Å². The minimum Gasteiger partial charge on any atom is -0.480 e. The number of aromatic nitrogens is 2. The first-order valence-corrected chi connectivity index (χ1v) is 7.59. The van der Waals surface area contributed by atoms with Gasteiger partial charge in [-0.15, -0.1) is 0 Å². The zero-order valence-electron chi connectivity index (χ0n) is 13.6. The molecule has 0 aliphatic heterocycles. The smallest absolute Gasteiger partial charge is 0.322 e. The molecule has 0 bridgehead atoms. The summed E-state index contributed by atoms with van der Waals surface area (Å²) in [6.45, 7) is 1.29. The number of aryl methyl sites for hydroxylation is 2. The molecule has 0 saturated carbocycles. The van der Waals surface area contributed by atoms with Gasteiger partial charge in [0, 0.05) is 18.5 Å². The molecular weight excluding hydrogens is 328 g/mol. The molecule has 9 heteroatoms. The van der Waals surface area contributed by atoms with E-state index in [-0.39, 0.29) is 24.7 Å². The van der Waals surface area contributed by atoms with Gasteiger partial charge in [0.2, 0.25) is 17.7 Å². The highest BCUT2D eigenvalue weighted by molar-refractivity contribution is 5.90. The summed E-state index contributed by atoms with van der Waals surface area (Å²) in [5, 5.41) is 17.2. The van der Waals surface area contributed by atoms with Crippen molar-refractivity contribution in [2.45, 2.75) is 26.2 Å². The van der Waals surface area contributed by atoms with Crippen LogP contribution in [0.3, 0.4) is 0 Å². The second-order valence-electron chi connectivity index (χ2n) is 5.33. The fraction of sp³-hybridized carbons (Fsp3) is 0.312. The number of carbonyl (C=O) groups is 3. The number of benzene rings is 1. The van der Waals surface area contributed by atoms with Crippen LogP contribution in [0.25, 0.3) is 0 Å². The number of anilines is 1. The van der Waals surface area contributed by atoms with E-state index in [1.165, 1.54) is 0 Å². The van der Waals surface area contributed by atoms with Gasteiger partial charge in [0.1, 0.15) is 6.54 Å². The van der Waals surface area contributed by atoms with E-state index in [4.69, 9.17) is 9.63 Å². The van der Waals surface area contributed by atoms with Crippen LogP contribution in [0.4, 0.5) is 5.69 Å². The number of nitrogens with zero attached hydrogens (tertiary/aromatic N) is 2. The third-order valence-electron chi connectivity index (χ3n) is 3.17. The highest BCUT2D eigenvalue weighted by Crippen LogP contribution is 2.11. The molecular formula is C16H18N4O5. The molecule has 0 saturated heterocycles. The zero-order valence-corrected chi connectivity index (χ0v) is 13.6. The highest BCUT2D eigenvalue weighted by atomic mass is 16.5. The molecule has 1 heterocycles. The summed E-state index contributed by atoms with van der Waals surface area (Å²) in [5.41, 5.74) is 1.31. The van der Waals surface area contributed by atoms with Gasteiger partial charge >= 0.3 is 5.97 Å². The maximum Gasteiger partial charge on any atom is 0.322 e. The standard InChI is InChI=1S/C16H18N4O5/c1-10-18-15(25-20-10)7-6-13(21)19-12-4-2-11(3-5-12)8-14(22)17-9-16(23)24/h2-5H,6-9H2,1H3,(H,17,22)(H,19,21)(H,23,24). The Hall–Kier alpha value is -3.23. The van der Waals surface area contributed by atoms with Gasteiger partial charge in [-0.2, -0.15) is 4.98 Å². The van der Waals surface area contributed by atoms with Crippen molar-refractivity contribution in [1.82, 2.24) is 15.5 Å². The predicted octanol–water partition coefficient (Wildman–Crippen LogP) is 0.693. The minimum absolute atomic E-state index is 0.0675. The Bertz CT molecular complexity index is 754. The van der Waals surface area contributed by atoms with Gasteiger partial charge in [0.05, 0.1) is 6.42 Å². The molecule has 0 spiro atoms. The average Bonchev–Trinajstić information content (AvgIpc) is 2.98. The van der Waals surface area contributed by atoms with E-state index in [2.05, 4.69) is 20.8 Å². The Labute approximate surface area is 143 Å². The van der Waals surface area contributed by atoms with Crippen molar-refractivity contribution in [3.8, 4) is 0 Å². The number of carboxylic acids is 1. The Morgan fingerprint density at radius 1 is 1.16 bits per heavy atom. The quantitative estimate of drug-likeness (QED) is 0.640. The largest absolute Gasteiger partial charge is 0.480 e. The maximum atomic E-state index is 11.9. The number of carbonyl (C=O) groups excluding carboxylic acids is 2. The molecule has 0 unspecified atom stereocenters. The maximum absolute atomic E-state index is 11.9. The summed E-state index contributed by atoms with van der Waals surface area (Å²) in [6, 6.07) is 6.73. The summed E-state index contributed by atoms with van der Waals surface area (Å²) < 4.78 is 4.94. The third kappa shape index (κ3) is 6.42. The minimum atomic E-state index is -1.10. The molecule has 0 radical (unpaired) electrons. The summed E-state index contributed by atoms with van der Waals surface area (Å²) in [4.78, 5) is 37.8. The molecule has 3 N–H and O–H groups in total. The van der Waals surface area contributed by atoms with E-state index in [0.29, 0.717) is 29.4 Å². The second kappa shape index (κ2) is 8.57. The van der Waals surface area contributed by atoms with Crippen molar-refractivity contribution < 1.29 is 24.0 Å². The SMILES string of the molecule is Cc1noc(CCC(=O)Nc2ccc(CC(=O)NCC(=O)O)cc2)n1. The Morgan fingerprint density at radius 3 is 2.48 bits per heavy atom. The number of amides is 2.